The summed E-state index contributed by atoms with van der Waals surface area (Å²) >= 11 is 1.48. The summed E-state index contributed by atoms with van der Waals surface area (Å²) in [7, 11) is 0. The van der Waals surface area contributed by atoms with Crippen LogP contribution in [0.15, 0.2) is 58.6 Å². The second-order valence-corrected chi connectivity index (χ2v) is 7.49. The van der Waals surface area contributed by atoms with Crippen LogP contribution in [0.25, 0.3) is 0 Å². The lowest BCUT2D eigenvalue weighted by molar-refractivity contribution is 0.0892. The minimum Gasteiger partial charge on any atom is -0.455 e. The first kappa shape index (κ1) is 17.8. The summed E-state index contributed by atoms with van der Waals surface area (Å²) in [6.45, 7) is 0. The van der Waals surface area contributed by atoms with Crippen LogP contribution in [0.4, 0.5) is 0 Å². The van der Waals surface area contributed by atoms with E-state index in [2.05, 4.69) is 20.4 Å². The average molecular weight is 383 g/mol. The van der Waals surface area contributed by atoms with Crippen LogP contribution in [0.5, 0.6) is 0 Å². The first-order chi connectivity index (χ1) is 13.3. The zero-order valence-corrected chi connectivity index (χ0v) is 15.6. The van der Waals surface area contributed by atoms with Gasteiger partial charge in [0.2, 0.25) is 0 Å². The third-order valence-corrected chi connectivity index (χ3v) is 5.60. The predicted molar refractivity (Wildman–Crippen MR) is 101 cm³/mol. The summed E-state index contributed by atoms with van der Waals surface area (Å²) in [5.41, 5.74) is 0. The molecule has 3 heterocycles. The Morgan fingerprint density at radius 3 is 2.70 bits per heavy atom. The lowest BCUT2D eigenvalue weighted by Crippen LogP contribution is -2.37. The molecule has 0 bridgehead atoms. The Labute approximate surface area is 161 Å². The van der Waals surface area contributed by atoms with Gasteiger partial charge in [0.05, 0.1) is 11.8 Å². The smallest absolute Gasteiger partial charge is 0.287 e. The zero-order chi connectivity index (χ0) is 18.5. The van der Waals surface area contributed by atoms with Gasteiger partial charge in [-0.15, -0.1) is 0 Å². The third kappa shape index (κ3) is 4.57. The van der Waals surface area contributed by atoms with Crippen LogP contribution >= 0.6 is 11.8 Å². The molecule has 1 saturated carbocycles. The molecule has 8 heteroatoms. The van der Waals surface area contributed by atoms with Gasteiger partial charge < -0.3 is 9.73 Å². The lowest BCUT2D eigenvalue weighted by atomic mass is 9.91. The second-order valence-electron chi connectivity index (χ2n) is 6.55. The van der Waals surface area contributed by atoms with E-state index >= 15 is 0 Å². The highest BCUT2D eigenvalue weighted by Crippen LogP contribution is 2.28. The predicted octanol–water partition coefficient (Wildman–Crippen LogP) is 3.47. The SMILES string of the molecule is O=C(NC1CCC(n2cccn2)CC1)c1ccc(CSc2ncccn2)o1. The fourth-order valence-corrected chi connectivity index (χ4v) is 4.01. The van der Waals surface area contributed by atoms with Crippen LogP contribution in [0, 0.1) is 0 Å². The third-order valence-electron chi connectivity index (χ3n) is 4.70. The van der Waals surface area contributed by atoms with E-state index in [1.54, 1.807) is 24.5 Å². The van der Waals surface area contributed by atoms with E-state index in [0.717, 1.165) is 31.4 Å². The van der Waals surface area contributed by atoms with Gasteiger partial charge in [0, 0.05) is 30.8 Å². The summed E-state index contributed by atoms with van der Waals surface area (Å²) in [4.78, 5) is 20.8. The molecule has 0 radical (unpaired) electrons. The normalized spacial score (nSPS) is 19.7. The van der Waals surface area contributed by atoms with Crippen molar-refractivity contribution in [2.75, 3.05) is 0 Å². The maximum absolute atomic E-state index is 12.5. The van der Waals surface area contributed by atoms with Crippen molar-refractivity contribution in [3.63, 3.8) is 0 Å². The Balaban J connectivity index is 1.26. The van der Waals surface area contributed by atoms with E-state index in [9.17, 15) is 4.79 Å². The molecule has 1 N–H and O–H groups in total. The Morgan fingerprint density at radius 1 is 1.15 bits per heavy atom. The van der Waals surface area contributed by atoms with Gasteiger partial charge in [-0.1, -0.05) is 11.8 Å². The summed E-state index contributed by atoms with van der Waals surface area (Å²) in [5.74, 6) is 1.53. The Hall–Kier alpha value is -2.61. The highest BCUT2D eigenvalue weighted by atomic mass is 32.2. The van der Waals surface area contributed by atoms with Crippen LogP contribution < -0.4 is 5.32 Å². The Kier molecular flexibility index (Phi) is 5.53. The number of aromatic nitrogens is 4. The highest BCUT2D eigenvalue weighted by Gasteiger charge is 2.24. The molecule has 1 aliphatic carbocycles. The van der Waals surface area contributed by atoms with Crippen molar-refractivity contribution < 1.29 is 9.21 Å². The van der Waals surface area contributed by atoms with Crippen molar-refractivity contribution in [1.29, 1.82) is 0 Å². The lowest BCUT2D eigenvalue weighted by Gasteiger charge is -2.29. The first-order valence-corrected chi connectivity index (χ1v) is 10.0. The van der Waals surface area contributed by atoms with Crippen LogP contribution in [-0.2, 0) is 5.75 Å². The van der Waals surface area contributed by atoms with Crippen molar-refractivity contribution in [1.82, 2.24) is 25.1 Å². The molecule has 1 fully saturated rings. The van der Waals surface area contributed by atoms with E-state index in [1.807, 2.05) is 29.2 Å². The monoisotopic (exact) mass is 383 g/mol. The summed E-state index contributed by atoms with van der Waals surface area (Å²) in [6, 6.07) is 7.91. The number of nitrogens with zero attached hydrogens (tertiary/aromatic N) is 4. The number of hydrogen-bond acceptors (Lipinski definition) is 6. The number of rotatable bonds is 6. The minimum absolute atomic E-state index is 0.148. The molecule has 3 aromatic heterocycles. The molecule has 0 spiro atoms. The summed E-state index contributed by atoms with van der Waals surface area (Å²) < 4.78 is 7.71. The molecular weight excluding hydrogens is 362 g/mol. The molecule has 3 aromatic rings. The van der Waals surface area contributed by atoms with Gasteiger partial charge in [0.1, 0.15) is 5.76 Å². The molecule has 1 amide bonds. The van der Waals surface area contributed by atoms with Gasteiger partial charge in [-0.05, 0) is 49.9 Å². The van der Waals surface area contributed by atoms with Crippen molar-refractivity contribution in [3.8, 4) is 0 Å². The second kappa shape index (κ2) is 8.39. The molecule has 0 atom stereocenters. The van der Waals surface area contributed by atoms with Crippen LogP contribution in [0.3, 0.4) is 0 Å². The maximum Gasteiger partial charge on any atom is 0.287 e. The highest BCUT2D eigenvalue weighted by molar-refractivity contribution is 7.98. The molecule has 0 unspecified atom stereocenters. The molecule has 7 nitrogen and oxygen atoms in total. The standard InChI is InChI=1S/C19H21N5O2S/c25-18(23-14-3-5-15(6-4-14)24-12-2-11-22-24)17-8-7-16(26-17)13-27-19-20-9-1-10-21-19/h1-2,7-12,14-15H,3-6,13H2,(H,23,25). The molecule has 27 heavy (non-hydrogen) atoms. The van der Waals surface area contributed by atoms with Crippen molar-refractivity contribution in [2.45, 2.75) is 48.7 Å². The van der Waals surface area contributed by atoms with Crippen LogP contribution in [0.2, 0.25) is 0 Å². The van der Waals surface area contributed by atoms with E-state index in [0.29, 0.717) is 22.7 Å². The van der Waals surface area contributed by atoms with Gasteiger partial charge >= 0.3 is 0 Å². The van der Waals surface area contributed by atoms with Gasteiger partial charge in [-0.3, -0.25) is 9.48 Å². The number of nitrogens with one attached hydrogen (secondary N) is 1. The number of amides is 1. The fraction of sp³-hybridized carbons (Fsp3) is 0.368. The number of hydrogen-bond donors (Lipinski definition) is 1. The van der Waals surface area contributed by atoms with Crippen molar-refractivity contribution >= 4 is 17.7 Å². The zero-order valence-electron chi connectivity index (χ0n) is 14.8. The van der Waals surface area contributed by atoms with Gasteiger partial charge in [0.15, 0.2) is 10.9 Å². The van der Waals surface area contributed by atoms with Crippen LogP contribution in [0.1, 0.15) is 48.0 Å². The molecule has 0 saturated heterocycles. The van der Waals surface area contributed by atoms with E-state index in [-0.39, 0.29) is 11.9 Å². The Bertz CT molecular complexity index is 857. The van der Waals surface area contributed by atoms with E-state index in [1.165, 1.54) is 11.8 Å². The van der Waals surface area contributed by atoms with Gasteiger partial charge in [-0.25, -0.2) is 9.97 Å². The molecule has 0 aliphatic heterocycles. The molecule has 4 rings (SSSR count). The molecule has 140 valence electrons. The minimum atomic E-state index is -0.148. The maximum atomic E-state index is 12.5. The molecular formula is C19H21N5O2S. The first-order valence-electron chi connectivity index (χ1n) is 9.06. The van der Waals surface area contributed by atoms with E-state index < -0.39 is 0 Å². The molecule has 0 aromatic carbocycles. The van der Waals surface area contributed by atoms with Crippen molar-refractivity contribution in [2.24, 2.45) is 0 Å². The quantitative estimate of drug-likeness (QED) is 0.518. The van der Waals surface area contributed by atoms with Crippen LogP contribution in [-0.4, -0.2) is 31.7 Å². The number of thioether (sulfide) groups is 1. The van der Waals surface area contributed by atoms with E-state index in [4.69, 9.17) is 4.42 Å². The molecule has 1 aliphatic rings. The topological polar surface area (TPSA) is 85.8 Å². The number of carbonyl (C=O) groups excluding carboxylic acids is 1. The van der Waals surface area contributed by atoms with Crippen molar-refractivity contribution in [3.05, 3.63) is 60.6 Å². The fourth-order valence-electron chi connectivity index (χ4n) is 3.31. The Morgan fingerprint density at radius 2 is 1.96 bits per heavy atom. The largest absolute Gasteiger partial charge is 0.455 e. The van der Waals surface area contributed by atoms with Gasteiger partial charge in [0.25, 0.3) is 5.91 Å². The average Bonchev–Trinajstić information content (AvgIpc) is 3.40. The summed E-state index contributed by atoms with van der Waals surface area (Å²) in [6.07, 6.45) is 11.2. The number of carbonyl (C=O) groups is 1. The van der Waals surface area contributed by atoms with Gasteiger partial charge in [-0.2, -0.15) is 5.10 Å². The summed E-state index contributed by atoms with van der Waals surface area (Å²) in [5, 5.41) is 8.10. The number of furan rings is 1.